The first-order valence-corrected chi connectivity index (χ1v) is 8.97. The van der Waals surface area contributed by atoms with Crippen LogP contribution in [0.5, 0.6) is 0 Å². The number of hydrogen-bond donors (Lipinski definition) is 2. The Morgan fingerprint density at radius 1 is 1.30 bits per heavy atom. The summed E-state index contributed by atoms with van der Waals surface area (Å²) in [4.78, 5) is 17.3. The molecule has 3 heterocycles. The van der Waals surface area contributed by atoms with Crippen LogP contribution < -0.4 is 10.6 Å². The van der Waals surface area contributed by atoms with Crippen LogP contribution in [0.15, 0.2) is 12.1 Å². The first-order chi connectivity index (χ1) is 11.3. The number of nitrogens with zero attached hydrogens (tertiary/aromatic N) is 2. The molecule has 2 aliphatic heterocycles. The molecule has 0 aromatic carbocycles. The number of carbonyl (C=O) groups excluding carboxylic acids is 1. The molecule has 0 atom stereocenters. The molecule has 1 saturated heterocycles. The second kappa shape index (κ2) is 8.41. The van der Waals surface area contributed by atoms with E-state index in [2.05, 4.69) is 27.7 Å². The lowest BCUT2D eigenvalue weighted by molar-refractivity contribution is -0.109. The maximum atomic E-state index is 10.4. The van der Waals surface area contributed by atoms with Gasteiger partial charge in [-0.05, 0) is 50.3 Å². The van der Waals surface area contributed by atoms with E-state index in [0.717, 1.165) is 51.1 Å². The molecule has 5 nitrogen and oxygen atoms in total. The summed E-state index contributed by atoms with van der Waals surface area (Å²) in [6, 6.07) is 5.02. The molecule has 0 bridgehead atoms. The Labute approximate surface area is 138 Å². The van der Waals surface area contributed by atoms with Gasteiger partial charge in [0.1, 0.15) is 12.1 Å². The van der Waals surface area contributed by atoms with E-state index in [1.54, 1.807) is 0 Å². The predicted molar refractivity (Wildman–Crippen MR) is 92.9 cm³/mol. The highest BCUT2D eigenvalue weighted by Gasteiger charge is 2.24. The van der Waals surface area contributed by atoms with Crippen LogP contribution in [-0.2, 0) is 17.6 Å². The lowest BCUT2D eigenvalue weighted by atomic mass is 10.1. The van der Waals surface area contributed by atoms with E-state index >= 15 is 0 Å². The topological polar surface area (TPSA) is 57.3 Å². The summed E-state index contributed by atoms with van der Waals surface area (Å²) in [7, 11) is 0. The number of rotatable bonds is 9. The number of nitrogens with one attached hydrogen (secondary N) is 2. The van der Waals surface area contributed by atoms with E-state index < -0.39 is 0 Å². The number of fused-ring (bicyclic) bond motifs is 1. The Morgan fingerprint density at radius 3 is 3.09 bits per heavy atom. The van der Waals surface area contributed by atoms with Crippen LogP contribution in [0.1, 0.15) is 36.9 Å². The summed E-state index contributed by atoms with van der Waals surface area (Å²) >= 11 is 0. The van der Waals surface area contributed by atoms with Crippen molar-refractivity contribution in [1.82, 2.24) is 15.2 Å². The van der Waals surface area contributed by atoms with Crippen molar-refractivity contribution in [1.29, 1.82) is 0 Å². The summed E-state index contributed by atoms with van der Waals surface area (Å²) in [5, 5.41) is 6.97. The zero-order valence-electron chi connectivity index (χ0n) is 13.9. The molecule has 1 aromatic rings. The number of aldehydes is 1. The van der Waals surface area contributed by atoms with Crippen molar-refractivity contribution in [3.63, 3.8) is 0 Å². The molecule has 1 fully saturated rings. The SMILES string of the molecule is O=CCN1CC(NCCCCCc2ccc3c(n2)NCCC3)C1. The monoisotopic (exact) mass is 316 g/mol. The van der Waals surface area contributed by atoms with Crippen molar-refractivity contribution in [3.8, 4) is 0 Å². The third-order valence-electron chi connectivity index (χ3n) is 4.78. The van der Waals surface area contributed by atoms with Gasteiger partial charge in [0.15, 0.2) is 0 Å². The van der Waals surface area contributed by atoms with Crippen LogP contribution in [0.25, 0.3) is 0 Å². The van der Waals surface area contributed by atoms with Crippen molar-refractivity contribution in [2.45, 2.75) is 44.6 Å². The van der Waals surface area contributed by atoms with Crippen molar-refractivity contribution >= 4 is 12.1 Å². The summed E-state index contributed by atoms with van der Waals surface area (Å²) in [5.74, 6) is 1.11. The van der Waals surface area contributed by atoms with E-state index in [9.17, 15) is 4.79 Å². The molecule has 3 rings (SSSR count). The van der Waals surface area contributed by atoms with Crippen molar-refractivity contribution in [2.75, 3.05) is 38.0 Å². The van der Waals surface area contributed by atoms with Crippen LogP contribution in [0, 0.1) is 0 Å². The van der Waals surface area contributed by atoms with Crippen molar-refractivity contribution < 1.29 is 4.79 Å². The quantitative estimate of drug-likeness (QED) is 0.536. The second-order valence-electron chi connectivity index (χ2n) is 6.69. The Bertz CT molecular complexity index is 514. The number of pyridine rings is 1. The minimum absolute atomic E-state index is 0.584. The Balaban J connectivity index is 1.25. The zero-order chi connectivity index (χ0) is 15.9. The lowest BCUT2D eigenvalue weighted by Crippen LogP contribution is -2.58. The van der Waals surface area contributed by atoms with Gasteiger partial charge in [0.2, 0.25) is 0 Å². The minimum Gasteiger partial charge on any atom is -0.370 e. The van der Waals surface area contributed by atoms with Gasteiger partial charge in [-0.1, -0.05) is 12.5 Å². The molecule has 5 heteroatoms. The number of aryl methyl sites for hydroxylation is 2. The Kier molecular flexibility index (Phi) is 6.00. The first-order valence-electron chi connectivity index (χ1n) is 8.97. The highest BCUT2D eigenvalue weighted by Crippen LogP contribution is 2.20. The van der Waals surface area contributed by atoms with Crippen LogP contribution in [0.4, 0.5) is 5.82 Å². The van der Waals surface area contributed by atoms with E-state index in [0.29, 0.717) is 12.6 Å². The summed E-state index contributed by atoms with van der Waals surface area (Å²) in [6.45, 7) is 4.76. The van der Waals surface area contributed by atoms with Crippen molar-refractivity contribution in [2.24, 2.45) is 0 Å². The van der Waals surface area contributed by atoms with Gasteiger partial charge in [-0.2, -0.15) is 0 Å². The van der Waals surface area contributed by atoms with Gasteiger partial charge in [-0.3, -0.25) is 4.90 Å². The fourth-order valence-electron chi connectivity index (χ4n) is 3.38. The van der Waals surface area contributed by atoms with Gasteiger partial charge in [0.25, 0.3) is 0 Å². The summed E-state index contributed by atoms with van der Waals surface area (Å²) in [6.07, 6.45) is 8.10. The Morgan fingerprint density at radius 2 is 2.22 bits per heavy atom. The molecular formula is C18H28N4O. The van der Waals surface area contributed by atoms with Crippen LogP contribution in [0.3, 0.4) is 0 Å². The van der Waals surface area contributed by atoms with Gasteiger partial charge in [-0.25, -0.2) is 4.98 Å². The first kappa shape index (κ1) is 16.4. The number of unbranched alkanes of at least 4 members (excludes halogenated alkanes) is 2. The maximum Gasteiger partial charge on any atom is 0.133 e. The molecule has 0 aliphatic carbocycles. The standard InChI is InChI=1S/C18H28N4O/c23-12-11-22-13-17(14-22)19-9-3-1-2-6-16-8-7-15-5-4-10-20-18(15)21-16/h7-8,12,17,19H,1-6,9-11,13-14H2,(H,20,21). The van der Waals surface area contributed by atoms with Gasteiger partial charge < -0.3 is 15.4 Å². The average Bonchev–Trinajstić information content (AvgIpc) is 2.55. The van der Waals surface area contributed by atoms with Crippen LogP contribution >= 0.6 is 0 Å². The average molecular weight is 316 g/mol. The second-order valence-corrected chi connectivity index (χ2v) is 6.69. The smallest absolute Gasteiger partial charge is 0.133 e. The maximum absolute atomic E-state index is 10.4. The number of hydrogen-bond acceptors (Lipinski definition) is 5. The van der Waals surface area contributed by atoms with Crippen LogP contribution in [0.2, 0.25) is 0 Å². The number of anilines is 1. The van der Waals surface area contributed by atoms with Crippen LogP contribution in [-0.4, -0.2) is 54.9 Å². The molecule has 23 heavy (non-hydrogen) atoms. The van der Waals surface area contributed by atoms with Gasteiger partial charge in [-0.15, -0.1) is 0 Å². The van der Waals surface area contributed by atoms with E-state index in [-0.39, 0.29) is 0 Å². The van der Waals surface area contributed by atoms with Gasteiger partial charge >= 0.3 is 0 Å². The van der Waals surface area contributed by atoms with E-state index in [1.165, 1.54) is 36.9 Å². The molecule has 0 radical (unpaired) electrons. The number of carbonyl (C=O) groups is 1. The fourth-order valence-corrected chi connectivity index (χ4v) is 3.38. The number of aromatic nitrogens is 1. The zero-order valence-corrected chi connectivity index (χ0v) is 13.9. The van der Waals surface area contributed by atoms with E-state index in [4.69, 9.17) is 4.98 Å². The molecule has 0 unspecified atom stereocenters. The number of likely N-dealkylation sites (tertiary alicyclic amines) is 1. The summed E-state index contributed by atoms with van der Waals surface area (Å²) in [5.41, 5.74) is 2.59. The molecular weight excluding hydrogens is 288 g/mol. The molecule has 2 aliphatic rings. The molecule has 0 amide bonds. The predicted octanol–water partition coefficient (Wildman–Crippen LogP) is 1.63. The largest absolute Gasteiger partial charge is 0.370 e. The van der Waals surface area contributed by atoms with E-state index in [1.807, 2.05) is 0 Å². The third kappa shape index (κ3) is 4.75. The van der Waals surface area contributed by atoms with Gasteiger partial charge in [0, 0.05) is 31.4 Å². The minimum atomic E-state index is 0.584. The molecule has 2 N–H and O–H groups in total. The van der Waals surface area contributed by atoms with Crippen molar-refractivity contribution in [3.05, 3.63) is 23.4 Å². The molecule has 126 valence electrons. The highest BCUT2D eigenvalue weighted by molar-refractivity contribution is 5.52. The highest BCUT2D eigenvalue weighted by atomic mass is 16.1. The Hall–Kier alpha value is -1.46. The molecule has 1 aromatic heterocycles. The summed E-state index contributed by atoms with van der Waals surface area (Å²) < 4.78 is 0. The normalized spacial score (nSPS) is 18.1. The third-order valence-corrected chi connectivity index (χ3v) is 4.78. The molecule has 0 saturated carbocycles. The lowest BCUT2D eigenvalue weighted by Gasteiger charge is -2.38. The fraction of sp³-hybridized carbons (Fsp3) is 0.667. The molecule has 0 spiro atoms. The van der Waals surface area contributed by atoms with Gasteiger partial charge in [0.05, 0.1) is 6.54 Å².